The molecule has 2 nitrogen and oxygen atoms in total. The molecule has 0 aliphatic heterocycles. The number of benzene rings is 2. The maximum Gasteiger partial charge on any atom is 4.00 e. The van der Waals surface area contributed by atoms with Gasteiger partial charge in [0.2, 0.25) is 0 Å². The summed E-state index contributed by atoms with van der Waals surface area (Å²) in [7, 11) is 8.08. The van der Waals surface area contributed by atoms with Gasteiger partial charge in [-0.3, -0.25) is 0 Å². The molecule has 0 saturated carbocycles. The van der Waals surface area contributed by atoms with Crippen molar-refractivity contribution in [3.63, 3.8) is 0 Å². The van der Waals surface area contributed by atoms with Gasteiger partial charge in [0.1, 0.15) is 0 Å². The van der Waals surface area contributed by atoms with Crippen LogP contribution < -0.4 is 0 Å². The van der Waals surface area contributed by atoms with E-state index in [1.165, 1.54) is 41.6 Å². The van der Waals surface area contributed by atoms with Crippen LogP contribution in [0.25, 0.3) is 32.2 Å². The first-order valence-corrected chi connectivity index (χ1v) is 13.6. The summed E-state index contributed by atoms with van der Waals surface area (Å²) in [5.74, 6) is 0. The molecule has 0 saturated heterocycles. The molecule has 6 heteroatoms. The van der Waals surface area contributed by atoms with Crippen molar-refractivity contribution < 1.29 is 26.2 Å². The number of hydrogen-bond donors (Lipinski definition) is 0. The SMILES string of the molecule is C[N-]C.C[N-]C.C[Si]C.Cc1cc2c(Br)cccc2[cH-]1.Cc1cc2c(Br)cccc2[cH-]1.[Zr+4]. The molecule has 0 unspecified atom stereocenters. The molecule has 0 amide bonds. The predicted octanol–water partition coefficient (Wildman–Crippen LogP) is 9.28. The maximum absolute atomic E-state index is 3.51. The molecule has 0 atom stereocenters. The van der Waals surface area contributed by atoms with Crippen LogP contribution in [0.5, 0.6) is 0 Å². The number of fused-ring (bicyclic) bond motifs is 2. The van der Waals surface area contributed by atoms with Crippen LogP contribution in [0.15, 0.2) is 69.6 Å². The van der Waals surface area contributed by atoms with Gasteiger partial charge in [-0.05, 0) is 8.95 Å². The minimum Gasteiger partial charge on any atom is -0.668 e. The molecule has 0 N–H and O–H groups in total. The van der Waals surface area contributed by atoms with Gasteiger partial charge in [-0.25, -0.2) is 0 Å². The van der Waals surface area contributed by atoms with Crippen LogP contribution in [-0.2, 0) is 26.2 Å². The number of aryl methyl sites for hydroxylation is 2. The molecule has 0 aromatic heterocycles. The van der Waals surface area contributed by atoms with Crippen molar-refractivity contribution in [3.05, 3.63) is 91.4 Å². The standard InChI is InChI=1S/2C10H8Br.2C2H6N.C2H6Si.Zr/c2*1-7-5-8-3-2-4-10(11)9(8)6-7;3*1-3-2;/h2*2-6H,1H3;3*1-2H3;/q4*-1;;+4. The van der Waals surface area contributed by atoms with Crippen molar-refractivity contribution in [2.45, 2.75) is 26.9 Å². The van der Waals surface area contributed by atoms with E-state index in [-0.39, 0.29) is 26.2 Å². The fourth-order valence-corrected chi connectivity index (χ4v) is 3.68. The molecule has 0 spiro atoms. The molecule has 0 fully saturated rings. The first kappa shape index (κ1) is 33.8. The summed E-state index contributed by atoms with van der Waals surface area (Å²) in [5, 5.41) is 12.3. The van der Waals surface area contributed by atoms with Crippen LogP contribution in [0, 0.1) is 13.8 Å². The third-order valence-corrected chi connectivity index (χ3v) is 5.07. The minimum atomic E-state index is 0. The quantitative estimate of drug-likeness (QED) is 0.134. The molecular formula is C26H34Br2N2SiZr. The second-order valence-electron chi connectivity index (χ2n) is 6.95. The number of nitrogens with zero attached hydrogens (tertiary/aromatic N) is 2. The molecule has 4 rings (SSSR count). The van der Waals surface area contributed by atoms with Gasteiger partial charge >= 0.3 is 26.2 Å². The predicted molar refractivity (Wildman–Crippen MR) is 152 cm³/mol. The fourth-order valence-electron chi connectivity index (χ4n) is 2.69. The monoisotopic (exact) mass is 650 g/mol. The first-order valence-electron chi connectivity index (χ1n) is 9.96. The zero-order valence-corrected chi connectivity index (χ0v) is 27.1. The van der Waals surface area contributed by atoms with Crippen LogP contribution in [0.3, 0.4) is 0 Å². The van der Waals surface area contributed by atoms with Gasteiger partial charge in [0.25, 0.3) is 0 Å². The Kier molecular flexibility index (Phi) is 21.2. The minimum absolute atomic E-state index is 0. The Labute approximate surface area is 233 Å². The molecule has 4 aromatic carbocycles. The van der Waals surface area contributed by atoms with Crippen LogP contribution in [0.2, 0.25) is 13.1 Å². The smallest absolute Gasteiger partial charge is 0.668 e. The summed E-state index contributed by atoms with van der Waals surface area (Å²) >= 11 is 7.02. The van der Waals surface area contributed by atoms with Gasteiger partial charge in [0.05, 0.1) is 0 Å². The van der Waals surface area contributed by atoms with Gasteiger partial charge in [0, 0.05) is 9.52 Å². The van der Waals surface area contributed by atoms with E-state index in [4.69, 9.17) is 0 Å². The molecule has 4 aromatic rings. The van der Waals surface area contributed by atoms with Crippen molar-refractivity contribution in [1.82, 2.24) is 0 Å². The van der Waals surface area contributed by atoms with E-state index in [9.17, 15) is 0 Å². The van der Waals surface area contributed by atoms with Gasteiger partial charge < -0.3 is 10.6 Å². The average molecular weight is 654 g/mol. The Morgan fingerprint density at radius 1 is 0.688 bits per heavy atom. The van der Waals surface area contributed by atoms with E-state index in [1.807, 2.05) is 0 Å². The molecule has 0 aliphatic carbocycles. The third-order valence-electron chi connectivity index (χ3n) is 3.68. The zero-order valence-electron chi connectivity index (χ0n) is 20.4. The Morgan fingerprint density at radius 3 is 1.22 bits per heavy atom. The van der Waals surface area contributed by atoms with Gasteiger partial charge in [-0.2, -0.15) is 40.3 Å². The van der Waals surface area contributed by atoms with Crippen molar-refractivity contribution in [2.75, 3.05) is 28.2 Å². The normalized spacial score (nSPS) is 9.06. The van der Waals surface area contributed by atoms with Crippen molar-refractivity contribution in [3.8, 4) is 0 Å². The van der Waals surface area contributed by atoms with E-state index in [1.54, 1.807) is 28.2 Å². The Morgan fingerprint density at radius 2 is 0.969 bits per heavy atom. The zero-order chi connectivity index (χ0) is 23.8. The van der Waals surface area contributed by atoms with Gasteiger partial charge in [-0.15, -0.1) is 69.1 Å². The molecule has 0 bridgehead atoms. The number of halogens is 2. The maximum atomic E-state index is 3.51. The Balaban J connectivity index is 0. The molecule has 170 valence electrons. The number of rotatable bonds is 0. The van der Waals surface area contributed by atoms with Crippen LogP contribution >= 0.6 is 31.9 Å². The largest absolute Gasteiger partial charge is 4.00 e. The van der Waals surface area contributed by atoms with Crippen molar-refractivity contribution in [1.29, 1.82) is 0 Å². The second-order valence-corrected chi connectivity index (χ2v) is 9.65. The van der Waals surface area contributed by atoms with Crippen molar-refractivity contribution >= 4 is 62.9 Å². The average Bonchev–Trinajstić information content (AvgIpc) is 3.27. The summed E-state index contributed by atoms with van der Waals surface area (Å²) in [4.78, 5) is 0. The topological polar surface area (TPSA) is 28.2 Å². The van der Waals surface area contributed by atoms with Crippen LogP contribution in [-0.4, -0.2) is 37.7 Å². The van der Waals surface area contributed by atoms with E-state index in [0.717, 1.165) is 9.52 Å². The summed E-state index contributed by atoms with van der Waals surface area (Å²) in [6.07, 6.45) is 0. The third kappa shape index (κ3) is 12.8. The molecule has 0 aliphatic rings. The Hall–Kier alpha value is -0.360. The summed E-state index contributed by atoms with van der Waals surface area (Å²) < 4.78 is 2.37. The second kappa shape index (κ2) is 20.1. The summed E-state index contributed by atoms with van der Waals surface area (Å²) in [6.45, 7) is 8.54. The van der Waals surface area contributed by atoms with Crippen LogP contribution in [0.1, 0.15) is 11.1 Å². The van der Waals surface area contributed by atoms with E-state index in [2.05, 4.69) is 130 Å². The summed E-state index contributed by atoms with van der Waals surface area (Å²) in [5.41, 5.74) is 2.65. The van der Waals surface area contributed by atoms with Crippen LogP contribution in [0.4, 0.5) is 0 Å². The van der Waals surface area contributed by atoms with Crippen molar-refractivity contribution in [2.24, 2.45) is 0 Å². The van der Waals surface area contributed by atoms with E-state index >= 15 is 0 Å². The molecule has 0 heterocycles. The molecular weight excluding hydrogens is 619 g/mol. The van der Waals surface area contributed by atoms with E-state index in [0.29, 0.717) is 0 Å². The Bertz CT molecular complexity index is 913. The van der Waals surface area contributed by atoms with Gasteiger partial charge in [-0.1, -0.05) is 70.9 Å². The first-order chi connectivity index (χ1) is 14.8. The molecule has 2 radical (unpaired) electrons. The number of hydrogen-bond acceptors (Lipinski definition) is 0. The fraction of sp³-hybridized carbons (Fsp3) is 0.308. The van der Waals surface area contributed by atoms with Gasteiger partial charge in [0.15, 0.2) is 0 Å². The van der Waals surface area contributed by atoms with E-state index < -0.39 is 0 Å². The molecule has 32 heavy (non-hydrogen) atoms. The summed E-state index contributed by atoms with van der Waals surface area (Å²) in [6, 6.07) is 21.3.